The lowest BCUT2D eigenvalue weighted by Gasteiger charge is -2.07. The maximum Gasteiger partial charge on any atom is 0.358 e. The van der Waals surface area contributed by atoms with E-state index in [1.54, 1.807) is 13.0 Å². The Morgan fingerprint density at radius 2 is 2.10 bits per heavy atom. The number of carbonyl (C=O) groups excluding carboxylic acids is 1. The maximum atomic E-state index is 12.5. The average molecular weight is 285 g/mol. The third-order valence-electron chi connectivity index (χ3n) is 3.45. The number of hydrogen-bond donors (Lipinski definition) is 0. The molecule has 0 radical (unpaired) electrons. The molecular formula is C15H15N3O3. The van der Waals surface area contributed by atoms with Gasteiger partial charge < -0.3 is 9.30 Å². The molecule has 3 aromatic rings. The van der Waals surface area contributed by atoms with Crippen LogP contribution in [-0.4, -0.2) is 26.8 Å². The topological polar surface area (TPSA) is 65.6 Å². The van der Waals surface area contributed by atoms with Gasteiger partial charge in [0.15, 0.2) is 5.69 Å². The molecule has 3 rings (SSSR count). The minimum absolute atomic E-state index is 0.136. The van der Waals surface area contributed by atoms with E-state index in [0.717, 1.165) is 11.1 Å². The van der Waals surface area contributed by atoms with E-state index in [1.807, 2.05) is 36.7 Å². The zero-order valence-corrected chi connectivity index (χ0v) is 12.1. The lowest BCUT2D eigenvalue weighted by molar-refractivity contribution is 0.0519. The van der Waals surface area contributed by atoms with E-state index in [1.165, 1.54) is 4.52 Å². The van der Waals surface area contributed by atoms with Crippen molar-refractivity contribution in [1.82, 2.24) is 14.2 Å². The number of rotatable bonds is 2. The van der Waals surface area contributed by atoms with Crippen LogP contribution >= 0.6 is 0 Å². The normalized spacial score (nSPS) is 11.2. The van der Waals surface area contributed by atoms with Crippen molar-refractivity contribution in [1.29, 1.82) is 0 Å². The molecule has 0 aliphatic rings. The third-order valence-corrected chi connectivity index (χ3v) is 3.45. The molecule has 6 heteroatoms. The molecule has 1 aromatic carbocycles. The molecule has 0 bridgehead atoms. The van der Waals surface area contributed by atoms with Crippen molar-refractivity contribution >= 4 is 22.5 Å². The van der Waals surface area contributed by atoms with Crippen molar-refractivity contribution in [3.63, 3.8) is 0 Å². The molecule has 21 heavy (non-hydrogen) atoms. The van der Waals surface area contributed by atoms with Gasteiger partial charge in [0.05, 0.1) is 17.5 Å². The molecule has 0 aliphatic carbocycles. The molecule has 0 atom stereocenters. The van der Waals surface area contributed by atoms with E-state index in [4.69, 9.17) is 4.74 Å². The Bertz CT molecular complexity index is 921. The summed E-state index contributed by atoms with van der Waals surface area (Å²) in [6, 6.07) is 7.23. The predicted octanol–water partition coefficient (Wildman–Crippen LogP) is 1.67. The van der Waals surface area contributed by atoms with Gasteiger partial charge in [-0.2, -0.15) is 9.61 Å². The molecule has 0 N–H and O–H groups in total. The van der Waals surface area contributed by atoms with E-state index in [9.17, 15) is 9.59 Å². The van der Waals surface area contributed by atoms with Crippen LogP contribution in [0.4, 0.5) is 0 Å². The Kier molecular flexibility index (Phi) is 3.01. The zero-order valence-electron chi connectivity index (χ0n) is 12.1. The van der Waals surface area contributed by atoms with Crippen molar-refractivity contribution in [2.24, 2.45) is 7.05 Å². The van der Waals surface area contributed by atoms with Crippen molar-refractivity contribution in [3.05, 3.63) is 45.9 Å². The summed E-state index contributed by atoms with van der Waals surface area (Å²) < 4.78 is 8.01. The Labute approximate surface area is 120 Å². The van der Waals surface area contributed by atoms with Crippen LogP contribution in [0.25, 0.3) is 16.6 Å². The van der Waals surface area contributed by atoms with Gasteiger partial charge >= 0.3 is 5.97 Å². The van der Waals surface area contributed by atoms with Gasteiger partial charge in [-0.1, -0.05) is 11.6 Å². The van der Waals surface area contributed by atoms with Gasteiger partial charge in [0.1, 0.15) is 5.65 Å². The number of nitrogens with zero attached hydrogens (tertiary/aromatic N) is 3. The van der Waals surface area contributed by atoms with Gasteiger partial charge in [0, 0.05) is 13.1 Å². The summed E-state index contributed by atoms with van der Waals surface area (Å²) in [5, 5.41) is 4.65. The number of benzene rings is 1. The first-order valence-electron chi connectivity index (χ1n) is 6.69. The van der Waals surface area contributed by atoms with Crippen molar-refractivity contribution < 1.29 is 9.53 Å². The minimum atomic E-state index is -0.527. The number of fused-ring (bicyclic) bond motifs is 2. The van der Waals surface area contributed by atoms with Crippen molar-refractivity contribution in [3.8, 4) is 0 Å². The van der Waals surface area contributed by atoms with E-state index in [-0.39, 0.29) is 17.9 Å². The molecule has 0 saturated heterocycles. The number of hydrogen-bond acceptors (Lipinski definition) is 4. The second-order valence-corrected chi connectivity index (χ2v) is 4.90. The molecule has 0 saturated carbocycles. The molecule has 0 spiro atoms. The molecule has 0 amide bonds. The van der Waals surface area contributed by atoms with Crippen LogP contribution in [0.2, 0.25) is 0 Å². The first kappa shape index (κ1) is 13.4. The van der Waals surface area contributed by atoms with Crippen LogP contribution in [0, 0.1) is 6.92 Å². The van der Waals surface area contributed by atoms with Gasteiger partial charge in [0.2, 0.25) is 0 Å². The highest BCUT2D eigenvalue weighted by molar-refractivity contribution is 5.89. The highest BCUT2D eigenvalue weighted by Crippen LogP contribution is 2.15. The second-order valence-electron chi connectivity index (χ2n) is 4.90. The van der Waals surface area contributed by atoms with Crippen LogP contribution < -0.4 is 5.56 Å². The first-order valence-corrected chi connectivity index (χ1v) is 6.69. The second kappa shape index (κ2) is 4.73. The molecule has 2 heterocycles. The number of ether oxygens (including phenoxy) is 1. The van der Waals surface area contributed by atoms with Gasteiger partial charge in [-0.3, -0.25) is 4.79 Å². The van der Waals surface area contributed by atoms with E-state index >= 15 is 0 Å². The van der Waals surface area contributed by atoms with Crippen molar-refractivity contribution in [2.75, 3.05) is 6.61 Å². The fourth-order valence-electron chi connectivity index (χ4n) is 2.42. The Morgan fingerprint density at radius 3 is 2.81 bits per heavy atom. The number of aryl methyl sites for hydroxylation is 2. The quantitative estimate of drug-likeness (QED) is 0.672. The largest absolute Gasteiger partial charge is 0.461 e. The summed E-state index contributed by atoms with van der Waals surface area (Å²) in [7, 11) is 1.84. The van der Waals surface area contributed by atoms with Crippen LogP contribution in [0.15, 0.2) is 29.1 Å². The fraction of sp³-hybridized carbons (Fsp3) is 0.267. The molecule has 2 aromatic heterocycles. The average Bonchev–Trinajstić information content (AvgIpc) is 2.90. The highest BCUT2D eigenvalue weighted by atomic mass is 16.5. The van der Waals surface area contributed by atoms with Crippen LogP contribution in [-0.2, 0) is 11.8 Å². The molecule has 0 fully saturated rings. The van der Waals surface area contributed by atoms with Gasteiger partial charge in [0.25, 0.3) is 5.56 Å². The van der Waals surface area contributed by atoms with Gasteiger partial charge in [-0.05, 0) is 26.0 Å². The summed E-state index contributed by atoms with van der Waals surface area (Å²) in [4.78, 5) is 24.3. The van der Waals surface area contributed by atoms with E-state index in [0.29, 0.717) is 11.0 Å². The van der Waals surface area contributed by atoms with Crippen LogP contribution in [0.3, 0.4) is 0 Å². The Balaban J connectivity index is 2.37. The SMILES string of the molecule is CCOC(=O)c1cc2n(C)c3ccc(C)cc3c(=O)n2n1. The summed E-state index contributed by atoms with van der Waals surface area (Å²) in [6.45, 7) is 3.92. The first-order chi connectivity index (χ1) is 10.0. The number of carbonyl (C=O) groups is 1. The summed E-state index contributed by atoms with van der Waals surface area (Å²) >= 11 is 0. The number of esters is 1. The molecule has 6 nitrogen and oxygen atoms in total. The van der Waals surface area contributed by atoms with E-state index < -0.39 is 5.97 Å². The van der Waals surface area contributed by atoms with Crippen LogP contribution in [0.1, 0.15) is 23.0 Å². The number of aromatic nitrogens is 3. The standard InChI is InChI=1S/C15H15N3O3/c1-4-21-15(20)11-8-13-17(3)12-6-5-9(2)7-10(12)14(19)18(13)16-11/h5-8H,4H2,1-3H3. The van der Waals surface area contributed by atoms with E-state index in [2.05, 4.69) is 5.10 Å². The smallest absolute Gasteiger partial charge is 0.358 e. The fourth-order valence-corrected chi connectivity index (χ4v) is 2.42. The minimum Gasteiger partial charge on any atom is -0.461 e. The maximum absolute atomic E-state index is 12.5. The highest BCUT2D eigenvalue weighted by Gasteiger charge is 2.16. The van der Waals surface area contributed by atoms with Crippen LogP contribution in [0.5, 0.6) is 0 Å². The lowest BCUT2D eigenvalue weighted by atomic mass is 10.1. The molecule has 108 valence electrons. The third kappa shape index (κ3) is 1.99. The summed E-state index contributed by atoms with van der Waals surface area (Å²) in [6.07, 6.45) is 0. The zero-order chi connectivity index (χ0) is 15.1. The van der Waals surface area contributed by atoms with Gasteiger partial charge in [-0.15, -0.1) is 0 Å². The lowest BCUT2D eigenvalue weighted by Crippen LogP contribution is -2.19. The summed E-state index contributed by atoms with van der Waals surface area (Å²) in [5.74, 6) is -0.527. The van der Waals surface area contributed by atoms with Crippen molar-refractivity contribution in [2.45, 2.75) is 13.8 Å². The molecule has 0 aliphatic heterocycles. The predicted molar refractivity (Wildman–Crippen MR) is 78.6 cm³/mol. The van der Waals surface area contributed by atoms with Gasteiger partial charge in [-0.25, -0.2) is 4.79 Å². The molecule has 0 unspecified atom stereocenters. The molecular weight excluding hydrogens is 270 g/mol. The Morgan fingerprint density at radius 1 is 1.33 bits per heavy atom. The summed E-state index contributed by atoms with van der Waals surface area (Å²) in [5.41, 5.74) is 2.25. The Hall–Kier alpha value is -2.63. The monoisotopic (exact) mass is 285 g/mol.